The summed E-state index contributed by atoms with van der Waals surface area (Å²) >= 11 is 6.85. The van der Waals surface area contributed by atoms with E-state index in [1.807, 2.05) is 18.2 Å². The van der Waals surface area contributed by atoms with Crippen LogP contribution in [0.4, 0.5) is 0 Å². The minimum absolute atomic E-state index is 0.244. The number of benzene rings is 1. The van der Waals surface area contributed by atoms with Gasteiger partial charge in [-0.05, 0) is 62.4 Å². The van der Waals surface area contributed by atoms with Gasteiger partial charge in [-0.15, -0.1) is 0 Å². The maximum absolute atomic E-state index is 11.8. The summed E-state index contributed by atoms with van der Waals surface area (Å²) in [5, 5.41) is 3.29. The van der Waals surface area contributed by atoms with Gasteiger partial charge >= 0.3 is 5.97 Å². The maximum Gasteiger partial charge on any atom is 0.327 e. The van der Waals surface area contributed by atoms with Crippen LogP contribution in [0.1, 0.15) is 24.4 Å². The molecule has 1 saturated carbocycles. The molecule has 17 heavy (non-hydrogen) atoms. The van der Waals surface area contributed by atoms with Crippen LogP contribution in [0.15, 0.2) is 27.1 Å². The van der Waals surface area contributed by atoms with Crippen molar-refractivity contribution in [2.75, 3.05) is 7.11 Å². The van der Waals surface area contributed by atoms with Crippen LogP contribution < -0.4 is 5.32 Å². The van der Waals surface area contributed by atoms with Gasteiger partial charge in [0, 0.05) is 15.0 Å². The number of methoxy groups -OCH3 is 1. The van der Waals surface area contributed by atoms with Crippen LogP contribution in [0.25, 0.3) is 0 Å². The van der Waals surface area contributed by atoms with Crippen LogP contribution in [0, 0.1) is 0 Å². The zero-order valence-corrected chi connectivity index (χ0v) is 12.5. The number of rotatable bonds is 4. The fourth-order valence-electron chi connectivity index (χ4n) is 1.60. The van der Waals surface area contributed by atoms with E-state index in [9.17, 15) is 4.79 Å². The van der Waals surface area contributed by atoms with Crippen LogP contribution in [-0.2, 0) is 9.53 Å². The third-order valence-electron chi connectivity index (χ3n) is 2.69. The fraction of sp³-hybridized carbons (Fsp3) is 0.417. The lowest BCUT2D eigenvalue weighted by Gasteiger charge is -2.17. The van der Waals surface area contributed by atoms with Crippen LogP contribution in [-0.4, -0.2) is 19.1 Å². The summed E-state index contributed by atoms with van der Waals surface area (Å²) in [6.07, 6.45) is 2.26. The molecule has 0 aromatic heterocycles. The second-order valence-electron chi connectivity index (χ2n) is 4.07. The van der Waals surface area contributed by atoms with Crippen molar-refractivity contribution in [1.82, 2.24) is 5.32 Å². The Hall–Kier alpha value is -0.390. The number of nitrogens with one attached hydrogen (secondary N) is 1. The molecule has 1 aliphatic rings. The molecule has 5 heteroatoms. The molecule has 92 valence electrons. The highest BCUT2D eigenvalue weighted by Crippen LogP contribution is 2.29. The van der Waals surface area contributed by atoms with Crippen molar-refractivity contribution >= 4 is 37.8 Å². The summed E-state index contributed by atoms with van der Waals surface area (Å²) in [7, 11) is 1.41. The van der Waals surface area contributed by atoms with Crippen molar-refractivity contribution in [2.45, 2.75) is 24.9 Å². The normalized spacial score (nSPS) is 16.6. The number of carbonyl (C=O) groups is 1. The molecule has 1 aromatic rings. The highest BCUT2D eigenvalue weighted by atomic mass is 79.9. The van der Waals surface area contributed by atoms with Crippen LogP contribution in [0.2, 0.25) is 0 Å². The molecule has 1 fully saturated rings. The topological polar surface area (TPSA) is 38.3 Å². The molecular formula is C12H13Br2NO2. The highest BCUT2D eigenvalue weighted by Gasteiger charge is 2.30. The Morgan fingerprint density at radius 3 is 2.65 bits per heavy atom. The largest absolute Gasteiger partial charge is 0.468 e. The van der Waals surface area contributed by atoms with E-state index in [1.165, 1.54) is 7.11 Å². The van der Waals surface area contributed by atoms with E-state index >= 15 is 0 Å². The second kappa shape index (κ2) is 5.50. The Morgan fingerprint density at radius 1 is 1.41 bits per heavy atom. The number of esters is 1. The van der Waals surface area contributed by atoms with Gasteiger partial charge in [0.2, 0.25) is 0 Å². The zero-order chi connectivity index (χ0) is 12.4. The number of carbonyl (C=O) groups excluding carboxylic acids is 1. The Morgan fingerprint density at radius 2 is 2.12 bits per heavy atom. The van der Waals surface area contributed by atoms with Gasteiger partial charge < -0.3 is 4.74 Å². The average molecular weight is 363 g/mol. The van der Waals surface area contributed by atoms with E-state index in [1.54, 1.807) is 0 Å². The van der Waals surface area contributed by atoms with Crippen molar-refractivity contribution in [3.05, 3.63) is 32.7 Å². The molecule has 0 amide bonds. The first-order valence-corrected chi connectivity index (χ1v) is 6.99. The molecule has 1 atom stereocenters. The van der Waals surface area contributed by atoms with Gasteiger partial charge in [0.25, 0.3) is 0 Å². The van der Waals surface area contributed by atoms with Gasteiger partial charge in [0.15, 0.2) is 0 Å². The van der Waals surface area contributed by atoms with Crippen molar-refractivity contribution in [2.24, 2.45) is 0 Å². The van der Waals surface area contributed by atoms with Crippen LogP contribution >= 0.6 is 31.9 Å². The molecule has 0 bridgehead atoms. The molecule has 0 radical (unpaired) electrons. The minimum Gasteiger partial charge on any atom is -0.468 e. The van der Waals surface area contributed by atoms with E-state index in [0.29, 0.717) is 6.04 Å². The Balaban J connectivity index is 2.23. The summed E-state index contributed by atoms with van der Waals surface area (Å²) in [6.45, 7) is 0. The zero-order valence-electron chi connectivity index (χ0n) is 9.37. The first-order chi connectivity index (χ1) is 8.11. The number of hydrogen-bond donors (Lipinski definition) is 1. The predicted octanol–water partition coefficient (Wildman–Crippen LogP) is 3.18. The Bertz CT molecular complexity index is 433. The quantitative estimate of drug-likeness (QED) is 0.836. The summed E-state index contributed by atoms with van der Waals surface area (Å²) in [5.41, 5.74) is 0.916. The van der Waals surface area contributed by atoms with E-state index in [0.717, 1.165) is 27.4 Å². The summed E-state index contributed by atoms with van der Waals surface area (Å²) < 4.78 is 6.74. The number of ether oxygens (including phenoxy) is 1. The van der Waals surface area contributed by atoms with Gasteiger partial charge in [-0.1, -0.05) is 6.07 Å². The third-order valence-corrected chi connectivity index (χ3v) is 4.57. The first-order valence-electron chi connectivity index (χ1n) is 5.40. The molecule has 0 heterocycles. The molecule has 1 N–H and O–H groups in total. The van der Waals surface area contributed by atoms with Gasteiger partial charge in [-0.3, -0.25) is 5.32 Å². The van der Waals surface area contributed by atoms with E-state index in [2.05, 4.69) is 37.2 Å². The highest BCUT2D eigenvalue weighted by molar-refractivity contribution is 9.13. The summed E-state index contributed by atoms with van der Waals surface area (Å²) in [5.74, 6) is -0.244. The second-order valence-corrected chi connectivity index (χ2v) is 5.78. The van der Waals surface area contributed by atoms with Crippen molar-refractivity contribution in [3.63, 3.8) is 0 Å². The van der Waals surface area contributed by atoms with Crippen LogP contribution in [0.3, 0.4) is 0 Å². The smallest absolute Gasteiger partial charge is 0.327 e. The van der Waals surface area contributed by atoms with Crippen LogP contribution in [0.5, 0.6) is 0 Å². The monoisotopic (exact) mass is 361 g/mol. The molecule has 2 rings (SSSR count). The predicted molar refractivity (Wildman–Crippen MR) is 72.8 cm³/mol. The molecule has 0 spiro atoms. The Kier molecular flexibility index (Phi) is 4.22. The van der Waals surface area contributed by atoms with Crippen molar-refractivity contribution in [3.8, 4) is 0 Å². The Labute approximate surface area is 117 Å². The van der Waals surface area contributed by atoms with Gasteiger partial charge in [0.1, 0.15) is 6.04 Å². The van der Waals surface area contributed by atoms with Crippen molar-refractivity contribution in [1.29, 1.82) is 0 Å². The molecule has 3 nitrogen and oxygen atoms in total. The number of halogens is 2. The third kappa shape index (κ3) is 3.30. The maximum atomic E-state index is 11.8. The molecule has 0 saturated heterocycles. The lowest BCUT2D eigenvalue weighted by molar-refractivity contribution is -0.143. The number of hydrogen-bond acceptors (Lipinski definition) is 3. The van der Waals surface area contributed by atoms with Gasteiger partial charge in [0.05, 0.1) is 7.11 Å². The SMILES string of the molecule is COC(=O)C(NC1CC1)c1ccc(Br)c(Br)c1. The van der Waals surface area contributed by atoms with Gasteiger partial charge in [-0.2, -0.15) is 0 Å². The molecule has 1 unspecified atom stereocenters. The van der Waals surface area contributed by atoms with Crippen molar-refractivity contribution < 1.29 is 9.53 Å². The summed E-state index contributed by atoms with van der Waals surface area (Å²) in [6, 6.07) is 5.84. The minimum atomic E-state index is -0.378. The average Bonchev–Trinajstić information content (AvgIpc) is 3.13. The van der Waals surface area contributed by atoms with E-state index in [4.69, 9.17) is 4.74 Å². The van der Waals surface area contributed by atoms with E-state index < -0.39 is 0 Å². The van der Waals surface area contributed by atoms with E-state index in [-0.39, 0.29) is 12.0 Å². The fourth-order valence-corrected chi connectivity index (χ4v) is 2.24. The van der Waals surface area contributed by atoms with Gasteiger partial charge in [-0.25, -0.2) is 4.79 Å². The standard InChI is InChI=1S/C12H13Br2NO2/c1-17-12(16)11(15-8-3-4-8)7-2-5-9(13)10(14)6-7/h2,5-6,8,11,15H,3-4H2,1H3. The molecule has 1 aliphatic carbocycles. The summed E-state index contributed by atoms with van der Waals surface area (Å²) in [4.78, 5) is 11.8. The molecule has 0 aliphatic heterocycles. The molecular weight excluding hydrogens is 350 g/mol. The lowest BCUT2D eigenvalue weighted by Crippen LogP contribution is -2.31. The lowest BCUT2D eigenvalue weighted by atomic mass is 10.1. The first kappa shape index (κ1) is 13.1. The molecule has 1 aromatic carbocycles.